The van der Waals surface area contributed by atoms with Crippen molar-refractivity contribution in [3.63, 3.8) is 0 Å². The third kappa shape index (κ3) is 4.04. The van der Waals surface area contributed by atoms with Crippen molar-refractivity contribution < 1.29 is 18.7 Å². The third-order valence-electron chi connectivity index (χ3n) is 6.03. The van der Waals surface area contributed by atoms with E-state index < -0.39 is 5.97 Å². The predicted octanol–water partition coefficient (Wildman–Crippen LogP) is 5.18. The second-order valence-electron chi connectivity index (χ2n) is 8.49. The molecule has 0 N–H and O–H groups in total. The Morgan fingerprint density at radius 3 is 2.36 bits per heavy atom. The summed E-state index contributed by atoms with van der Waals surface area (Å²) in [6.07, 6.45) is 3.36. The van der Waals surface area contributed by atoms with Gasteiger partial charge in [-0.05, 0) is 87.7 Å². The van der Waals surface area contributed by atoms with Crippen LogP contribution in [0.15, 0.2) is 63.9 Å². The molecule has 1 aliphatic rings. The molecule has 0 spiro atoms. The summed E-state index contributed by atoms with van der Waals surface area (Å²) in [6, 6.07) is 12.0. The lowest BCUT2D eigenvalue weighted by atomic mass is 10.0. The molecule has 3 aromatic rings. The molecule has 0 saturated heterocycles. The zero-order chi connectivity index (χ0) is 23.9. The summed E-state index contributed by atoms with van der Waals surface area (Å²) >= 11 is 0. The van der Waals surface area contributed by atoms with Gasteiger partial charge in [0.2, 0.25) is 0 Å². The van der Waals surface area contributed by atoms with Gasteiger partial charge in [0.25, 0.3) is 5.91 Å². The fourth-order valence-electron chi connectivity index (χ4n) is 4.54. The van der Waals surface area contributed by atoms with Crippen LogP contribution < -0.4 is 0 Å². The van der Waals surface area contributed by atoms with Gasteiger partial charge in [-0.1, -0.05) is 6.07 Å². The normalized spacial score (nSPS) is 15.2. The minimum atomic E-state index is -0.530. The van der Waals surface area contributed by atoms with Crippen molar-refractivity contribution in [2.75, 3.05) is 7.11 Å². The molecule has 1 aliphatic heterocycles. The van der Waals surface area contributed by atoms with Crippen molar-refractivity contribution in [1.29, 1.82) is 0 Å². The topological polar surface area (TPSA) is 64.7 Å². The van der Waals surface area contributed by atoms with Gasteiger partial charge in [-0.15, -0.1) is 0 Å². The van der Waals surface area contributed by atoms with E-state index in [0.717, 1.165) is 22.6 Å². The van der Waals surface area contributed by atoms with E-state index in [1.807, 2.05) is 19.9 Å². The van der Waals surface area contributed by atoms with Gasteiger partial charge in [0, 0.05) is 22.8 Å². The Hall–Kier alpha value is -3.80. The molecular formula is C27H28N2O4. The summed E-state index contributed by atoms with van der Waals surface area (Å²) in [6.45, 7) is 10.2. The van der Waals surface area contributed by atoms with Gasteiger partial charge in [0.15, 0.2) is 0 Å². The average Bonchev–Trinajstić information content (AvgIpc) is 3.42. The number of nitrogens with zero attached hydrogens (tertiary/aromatic N) is 2. The van der Waals surface area contributed by atoms with Crippen LogP contribution in [-0.4, -0.2) is 28.5 Å². The highest BCUT2D eigenvalue weighted by Crippen LogP contribution is 2.34. The van der Waals surface area contributed by atoms with Crippen LogP contribution in [0.5, 0.6) is 0 Å². The fraction of sp³-hybridized carbons (Fsp3) is 0.259. The van der Waals surface area contributed by atoms with Crippen LogP contribution in [0.1, 0.15) is 40.8 Å². The number of rotatable bonds is 5. The summed E-state index contributed by atoms with van der Waals surface area (Å²) in [4.78, 5) is 27.6. The lowest BCUT2D eigenvalue weighted by molar-refractivity contribution is -0.136. The molecule has 0 atom stereocenters. The molecule has 170 valence electrons. The van der Waals surface area contributed by atoms with Crippen LogP contribution in [0.4, 0.5) is 0 Å². The van der Waals surface area contributed by atoms with Gasteiger partial charge in [-0.3, -0.25) is 4.79 Å². The Balaban J connectivity index is 1.80. The number of aromatic nitrogens is 1. The van der Waals surface area contributed by atoms with E-state index in [4.69, 9.17) is 9.15 Å². The number of esters is 1. The molecule has 1 aromatic carbocycles. The second kappa shape index (κ2) is 8.62. The first kappa shape index (κ1) is 22.4. The van der Waals surface area contributed by atoms with E-state index in [-0.39, 0.29) is 18.0 Å². The van der Waals surface area contributed by atoms with E-state index in [9.17, 15) is 9.59 Å². The Morgan fingerprint density at radius 2 is 1.76 bits per heavy atom. The van der Waals surface area contributed by atoms with Crippen molar-refractivity contribution >= 4 is 18.0 Å². The highest BCUT2D eigenvalue weighted by molar-refractivity contribution is 6.16. The van der Waals surface area contributed by atoms with Gasteiger partial charge in [-0.2, -0.15) is 0 Å². The van der Waals surface area contributed by atoms with Crippen molar-refractivity contribution in [3.05, 3.63) is 93.3 Å². The van der Waals surface area contributed by atoms with Crippen LogP contribution in [-0.2, 0) is 20.9 Å². The quantitative estimate of drug-likeness (QED) is 0.402. The lowest BCUT2D eigenvalue weighted by Crippen LogP contribution is -2.24. The Kier molecular flexibility index (Phi) is 5.85. The summed E-state index contributed by atoms with van der Waals surface area (Å²) in [5.74, 6) is -0.140. The number of hydrogen-bond donors (Lipinski definition) is 0. The average molecular weight is 445 g/mol. The zero-order valence-electron chi connectivity index (χ0n) is 19.9. The molecule has 0 aliphatic carbocycles. The van der Waals surface area contributed by atoms with Gasteiger partial charge in [0.05, 0.1) is 31.1 Å². The molecule has 33 heavy (non-hydrogen) atoms. The zero-order valence-corrected chi connectivity index (χ0v) is 19.9. The van der Waals surface area contributed by atoms with Crippen molar-refractivity contribution in [2.45, 2.75) is 41.2 Å². The highest BCUT2D eigenvalue weighted by Gasteiger charge is 2.37. The first-order valence-corrected chi connectivity index (χ1v) is 10.8. The number of amides is 1. The van der Waals surface area contributed by atoms with Gasteiger partial charge < -0.3 is 18.6 Å². The number of carbonyl (C=O) groups excluding carboxylic acids is 2. The largest absolute Gasteiger partial charge is 0.467 e. The smallest absolute Gasteiger partial charge is 0.340 e. The standard InChI is InChI=1S/C27H28N2O4/c1-16-10-17(2)12-22(11-16)29-18(3)13-21(19(29)4)14-24-25(27(31)32-6)20(5)28(26(24)30)15-23-8-7-9-33-23/h7-14H,15H2,1-6H3/b24-14-. The first-order chi connectivity index (χ1) is 15.7. The molecule has 6 nitrogen and oxygen atoms in total. The van der Waals surface area contributed by atoms with Crippen LogP contribution in [0.25, 0.3) is 11.8 Å². The summed E-state index contributed by atoms with van der Waals surface area (Å²) < 4.78 is 12.6. The second-order valence-corrected chi connectivity index (χ2v) is 8.49. The van der Waals surface area contributed by atoms with Crippen LogP contribution >= 0.6 is 0 Å². The monoisotopic (exact) mass is 444 g/mol. The van der Waals surface area contributed by atoms with E-state index in [1.54, 1.807) is 36.3 Å². The van der Waals surface area contributed by atoms with E-state index in [1.165, 1.54) is 18.2 Å². The SMILES string of the molecule is COC(=O)C1=C(C)N(Cc2ccco2)C(=O)/C1=C\c1cc(C)n(-c2cc(C)cc(C)c2)c1C. The number of carbonyl (C=O) groups is 2. The first-order valence-electron chi connectivity index (χ1n) is 10.8. The van der Waals surface area contributed by atoms with Crippen molar-refractivity contribution in [2.24, 2.45) is 0 Å². The Labute approximate surface area is 193 Å². The molecule has 3 heterocycles. The van der Waals surface area contributed by atoms with Gasteiger partial charge in [-0.25, -0.2) is 4.79 Å². The lowest BCUT2D eigenvalue weighted by Gasteiger charge is -2.16. The molecule has 4 rings (SSSR count). The number of methoxy groups -OCH3 is 1. The highest BCUT2D eigenvalue weighted by atomic mass is 16.5. The van der Waals surface area contributed by atoms with Crippen LogP contribution in [0.3, 0.4) is 0 Å². The molecule has 0 radical (unpaired) electrons. The number of benzene rings is 1. The Morgan fingerprint density at radius 1 is 1.06 bits per heavy atom. The maximum absolute atomic E-state index is 13.4. The van der Waals surface area contributed by atoms with E-state index >= 15 is 0 Å². The number of allylic oxidation sites excluding steroid dienone is 1. The number of hydrogen-bond acceptors (Lipinski definition) is 4. The third-order valence-corrected chi connectivity index (χ3v) is 6.03. The molecule has 0 bridgehead atoms. The molecule has 6 heteroatoms. The van der Waals surface area contributed by atoms with Crippen molar-refractivity contribution in [1.82, 2.24) is 9.47 Å². The minimum absolute atomic E-state index is 0.247. The van der Waals surface area contributed by atoms with Gasteiger partial charge in [0.1, 0.15) is 5.76 Å². The molecular weight excluding hydrogens is 416 g/mol. The van der Waals surface area contributed by atoms with E-state index in [2.05, 4.69) is 36.6 Å². The van der Waals surface area contributed by atoms with Crippen LogP contribution in [0, 0.1) is 27.7 Å². The number of aryl methyl sites for hydroxylation is 3. The summed E-state index contributed by atoms with van der Waals surface area (Å²) in [5, 5.41) is 0. The summed E-state index contributed by atoms with van der Waals surface area (Å²) in [5.41, 5.74) is 7.52. The number of ether oxygens (including phenoxy) is 1. The fourth-order valence-corrected chi connectivity index (χ4v) is 4.54. The Bertz CT molecular complexity index is 1290. The number of furan rings is 1. The molecule has 0 unspecified atom stereocenters. The molecule has 0 fully saturated rings. The van der Waals surface area contributed by atoms with Gasteiger partial charge >= 0.3 is 5.97 Å². The molecule has 2 aromatic heterocycles. The predicted molar refractivity (Wildman–Crippen MR) is 127 cm³/mol. The van der Waals surface area contributed by atoms with E-state index in [0.29, 0.717) is 17.0 Å². The minimum Gasteiger partial charge on any atom is -0.467 e. The molecule has 1 amide bonds. The van der Waals surface area contributed by atoms with Crippen molar-refractivity contribution in [3.8, 4) is 5.69 Å². The maximum Gasteiger partial charge on any atom is 0.340 e. The van der Waals surface area contributed by atoms with Crippen LogP contribution in [0.2, 0.25) is 0 Å². The maximum atomic E-state index is 13.4. The molecule has 0 saturated carbocycles. The summed E-state index contributed by atoms with van der Waals surface area (Å²) in [7, 11) is 1.33.